The fraction of sp³-hybridized carbons (Fsp3) is 0.500. The zero-order valence-corrected chi connectivity index (χ0v) is 17.4. The number of fused-ring (bicyclic) bond motifs is 1. The van der Waals surface area contributed by atoms with E-state index in [2.05, 4.69) is 67.6 Å². The first-order valence-electron chi connectivity index (χ1n) is 10.2. The number of rotatable bonds is 4. The van der Waals surface area contributed by atoms with Crippen molar-refractivity contribution in [2.75, 3.05) is 5.75 Å². The van der Waals surface area contributed by atoms with Gasteiger partial charge in [0.05, 0.1) is 0 Å². The van der Waals surface area contributed by atoms with Gasteiger partial charge in [-0.05, 0) is 48.1 Å². The summed E-state index contributed by atoms with van der Waals surface area (Å²) in [5.74, 6) is 3.12. The molecule has 2 aliphatic rings. The van der Waals surface area contributed by atoms with Gasteiger partial charge in [-0.1, -0.05) is 74.0 Å². The summed E-state index contributed by atoms with van der Waals surface area (Å²) in [6, 6.07) is 22.9. The smallest absolute Gasteiger partial charge is 0.144 e. The van der Waals surface area contributed by atoms with Crippen LogP contribution in [0, 0.1) is 5.92 Å². The maximum Gasteiger partial charge on any atom is 0.144 e. The average molecular weight is 387 g/mol. The van der Waals surface area contributed by atoms with E-state index in [1.165, 1.54) is 44.3 Å². The fourth-order valence-electron chi connectivity index (χ4n) is 5.29. The number of halogens is 1. The first-order chi connectivity index (χ1) is 12.4. The van der Waals surface area contributed by atoms with E-state index in [9.17, 15) is 0 Å². The number of benzene rings is 2. The zero-order valence-electron chi connectivity index (χ0n) is 15.8. The molecule has 1 aliphatic carbocycles. The van der Waals surface area contributed by atoms with Gasteiger partial charge in [-0.3, -0.25) is 0 Å². The third kappa shape index (κ3) is 3.99. The monoisotopic (exact) mass is 386 g/mol. The molecule has 0 nitrogen and oxygen atoms in total. The van der Waals surface area contributed by atoms with Gasteiger partial charge in [0.15, 0.2) is 0 Å². The lowest BCUT2D eigenvalue weighted by atomic mass is 9.73. The lowest BCUT2D eigenvalue weighted by molar-refractivity contribution is -0.00000505. The van der Waals surface area contributed by atoms with Gasteiger partial charge in [0, 0.05) is 17.9 Å². The van der Waals surface area contributed by atoms with Gasteiger partial charge in [-0.25, -0.2) is 0 Å². The second kappa shape index (κ2) is 9.33. The van der Waals surface area contributed by atoms with Crippen LogP contribution >= 0.6 is 0 Å². The van der Waals surface area contributed by atoms with E-state index in [1.54, 1.807) is 11.1 Å². The van der Waals surface area contributed by atoms with Crippen molar-refractivity contribution in [3.05, 3.63) is 71.8 Å². The topological polar surface area (TPSA) is 0 Å². The lowest BCUT2D eigenvalue weighted by Gasteiger charge is -2.44. The van der Waals surface area contributed by atoms with E-state index in [0.717, 1.165) is 22.3 Å². The molecule has 0 bridgehead atoms. The standard InChI is InChI=1S/C24H31S.ClH/c1-2-17-25-23-16-10-9-15-21(23)22(19-11-5-3-6-12-19)18-24(25)20-13-7-4-8-14-20;/h3-8,11-14,21-24H,2,9-10,15-18H2,1H3;1H/q+1;/p-1/t21-,22+,23-,24-,25?;/m1./s1. The van der Waals surface area contributed by atoms with Crippen molar-refractivity contribution < 1.29 is 12.4 Å². The van der Waals surface area contributed by atoms with Crippen LogP contribution in [0.2, 0.25) is 0 Å². The van der Waals surface area contributed by atoms with Gasteiger partial charge in [-0.2, -0.15) is 0 Å². The van der Waals surface area contributed by atoms with Crippen LogP contribution in [-0.4, -0.2) is 11.0 Å². The lowest BCUT2D eigenvalue weighted by Crippen LogP contribution is -3.00. The summed E-state index contributed by atoms with van der Waals surface area (Å²) in [7, 11) is 0.556. The fourth-order valence-corrected chi connectivity index (χ4v) is 8.98. The molecule has 1 saturated heterocycles. The Labute approximate surface area is 168 Å². The molecule has 0 N–H and O–H groups in total. The van der Waals surface area contributed by atoms with Crippen molar-refractivity contribution in [1.29, 1.82) is 0 Å². The second-order valence-corrected chi connectivity index (χ2v) is 10.3. The SMILES string of the molecule is CCC[S+]1[C@@H](c2ccccc2)C[C@@H](c2ccccc2)[C@H]2CCCC[C@H]21.[Cl-]. The molecule has 140 valence electrons. The van der Waals surface area contributed by atoms with Gasteiger partial charge in [-0.15, -0.1) is 0 Å². The highest BCUT2D eigenvalue weighted by Crippen LogP contribution is 2.53. The highest BCUT2D eigenvalue weighted by atomic mass is 35.5. The molecule has 0 spiro atoms. The van der Waals surface area contributed by atoms with Gasteiger partial charge in [0.1, 0.15) is 16.3 Å². The number of hydrogen-bond donors (Lipinski definition) is 0. The predicted octanol–water partition coefficient (Wildman–Crippen LogP) is 3.51. The van der Waals surface area contributed by atoms with Crippen molar-refractivity contribution in [3.63, 3.8) is 0 Å². The molecule has 2 heteroatoms. The van der Waals surface area contributed by atoms with Crippen LogP contribution in [0.15, 0.2) is 60.7 Å². The van der Waals surface area contributed by atoms with Crippen LogP contribution in [0.5, 0.6) is 0 Å². The summed E-state index contributed by atoms with van der Waals surface area (Å²) >= 11 is 0. The Hall–Kier alpha value is -0.920. The molecule has 1 unspecified atom stereocenters. The van der Waals surface area contributed by atoms with Crippen molar-refractivity contribution in [1.82, 2.24) is 0 Å². The second-order valence-electron chi connectivity index (χ2n) is 7.81. The zero-order chi connectivity index (χ0) is 17.1. The van der Waals surface area contributed by atoms with Crippen LogP contribution in [0.4, 0.5) is 0 Å². The Balaban J connectivity index is 0.00000196. The Morgan fingerprint density at radius 3 is 2.12 bits per heavy atom. The molecule has 1 heterocycles. The van der Waals surface area contributed by atoms with Crippen molar-refractivity contribution in [3.8, 4) is 0 Å². The van der Waals surface area contributed by atoms with Gasteiger partial charge >= 0.3 is 0 Å². The summed E-state index contributed by atoms with van der Waals surface area (Å²) in [4.78, 5) is 0. The molecule has 4 rings (SSSR count). The first kappa shape index (κ1) is 19.8. The van der Waals surface area contributed by atoms with E-state index in [1.807, 2.05) is 0 Å². The third-order valence-corrected chi connectivity index (χ3v) is 9.77. The molecule has 26 heavy (non-hydrogen) atoms. The summed E-state index contributed by atoms with van der Waals surface area (Å²) in [5, 5.41) is 1.73. The minimum absolute atomic E-state index is 0. The molecule has 0 amide bonds. The molecule has 0 aromatic heterocycles. The Morgan fingerprint density at radius 1 is 0.846 bits per heavy atom. The molecule has 2 aromatic carbocycles. The van der Waals surface area contributed by atoms with Crippen molar-refractivity contribution >= 4 is 10.9 Å². The van der Waals surface area contributed by atoms with Gasteiger partial charge in [0.2, 0.25) is 0 Å². The predicted molar refractivity (Wildman–Crippen MR) is 111 cm³/mol. The van der Waals surface area contributed by atoms with E-state index in [4.69, 9.17) is 0 Å². The minimum Gasteiger partial charge on any atom is -1.00 e. The highest BCUT2D eigenvalue weighted by Gasteiger charge is 2.52. The Kier molecular flexibility index (Phi) is 7.12. The summed E-state index contributed by atoms with van der Waals surface area (Å²) < 4.78 is 0. The summed E-state index contributed by atoms with van der Waals surface area (Å²) in [5.41, 5.74) is 3.20. The molecule has 5 atom stereocenters. The molecule has 2 fully saturated rings. The Bertz CT molecular complexity index is 656. The normalized spacial score (nSPS) is 30.9. The molecule has 1 saturated carbocycles. The van der Waals surface area contributed by atoms with Crippen LogP contribution in [-0.2, 0) is 10.9 Å². The Morgan fingerprint density at radius 2 is 1.46 bits per heavy atom. The van der Waals surface area contributed by atoms with Crippen LogP contribution in [0.1, 0.15) is 67.7 Å². The van der Waals surface area contributed by atoms with E-state index < -0.39 is 0 Å². The summed E-state index contributed by atoms with van der Waals surface area (Å²) in [6.45, 7) is 2.39. The van der Waals surface area contributed by atoms with Crippen molar-refractivity contribution in [2.45, 2.75) is 61.9 Å². The molecule has 0 radical (unpaired) electrons. The van der Waals surface area contributed by atoms with Crippen molar-refractivity contribution in [2.24, 2.45) is 5.92 Å². The van der Waals surface area contributed by atoms with Crippen LogP contribution < -0.4 is 12.4 Å². The first-order valence-corrected chi connectivity index (χ1v) is 11.7. The third-order valence-electron chi connectivity index (χ3n) is 6.33. The quantitative estimate of drug-likeness (QED) is 0.705. The van der Waals surface area contributed by atoms with E-state index in [0.29, 0.717) is 10.9 Å². The van der Waals surface area contributed by atoms with Gasteiger partial charge in [0.25, 0.3) is 0 Å². The van der Waals surface area contributed by atoms with Gasteiger partial charge < -0.3 is 12.4 Å². The highest BCUT2D eigenvalue weighted by molar-refractivity contribution is 7.97. The van der Waals surface area contributed by atoms with E-state index in [-0.39, 0.29) is 12.4 Å². The molecular weight excluding hydrogens is 356 g/mol. The minimum atomic E-state index is 0. The maximum atomic E-state index is 2.39. The maximum absolute atomic E-state index is 2.39. The molecule has 2 aromatic rings. The van der Waals surface area contributed by atoms with Crippen LogP contribution in [0.3, 0.4) is 0 Å². The largest absolute Gasteiger partial charge is 1.00 e. The average Bonchev–Trinajstić information content (AvgIpc) is 2.70. The van der Waals surface area contributed by atoms with E-state index >= 15 is 0 Å². The molecule has 1 aliphatic heterocycles. The number of hydrogen-bond acceptors (Lipinski definition) is 0. The molecular formula is C24H31ClS. The van der Waals surface area contributed by atoms with Crippen LogP contribution in [0.25, 0.3) is 0 Å². The summed E-state index contributed by atoms with van der Waals surface area (Å²) in [6.07, 6.45) is 8.53.